The minimum absolute atomic E-state index is 0.0600. The molecule has 5 nitrogen and oxygen atoms in total. The molecule has 1 aliphatic heterocycles. The van der Waals surface area contributed by atoms with Crippen molar-refractivity contribution in [1.82, 2.24) is 10.3 Å². The minimum Gasteiger partial charge on any atom is -0.375 e. The first kappa shape index (κ1) is 18.4. The van der Waals surface area contributed by atoms with E-state index in [0.717, 1.165) is 43.1 Å². The molecule has 2 heterocycles. The van der Waals surface area contributed by atoms with Crippen LogP contribution < -0.4 is 10.2 Å². The van der Waals surface area contributed by atoms with Crippen LogP contribution in [-0.2, 0) is 16.1 Å². The third kappa shape index (κ3) is 4.61. The lowest BCUT2D eigenvalue weighted by atomic mass is 9.95. The molecular weight excluding hydrogens is 326 g/mol. The molecule has 1 aliphatic rings. The number of carbonyl (C=O) groups is 1. The summed E-state index contributed by atoms with van der Waals surface area (Å²) >= 11 is 0. The predicted molar refractivity (Wildman–Crippen MR) is 103 cm³/mol. The first-order valence-electron chi connectivity index (χ1n) is 9.31. The zero-order chi connectivity index (χ0) is 18.4. The van der Waals surface area contributed by atoms with Crippen molar-refractivity contribution in [2.24, 2.45) is 0 Å². The van der Waals surface area contributed by atoms with Crippen LogP contribution in [0.25, 0.3) is 0 Å². The smallest absolute Gasteiger partial charge is 0.227 e. The number of rotatable bonds is 6. The van der Waals surface area contributed by atoms with Crippen LogP contribution in [0.1, 0.15) is 37.3 Å². The van der Waals surface area contributed by atoms with Crippen LogP contribution in [0, 0.1) is 0 Å². The number of ether oxygens (including phenoxy) is 1. The molecule has 1 fully saturated rings. The molecular formula is C21H27N3O2. The van der Waals surface area contributed by atoms with Gasteiger partial charge in [-0.1, -0.05) is 43.3 Å². The number of nitrogens with zero attached hydrogens (tertiary/aromatic N) is 2. The van der Waals surface area contributed by atoms with Gasteiger partial charge in [0, 0.05) is 25.8 Å². The predicted octanol–water partition coefficient (Wildman–Crippen LogP) is 3.12. The van der Waals surface area contributed by atoms with Crippen LogP contribution in [0.15, 0.2) is 48.7 Å². The van der Waals surface area contributed by atoms with Gasteiger partial charge in [0.15, 0.2) is 0 Å². The highest BCUT2D eigenvalue weighted by molar-refractivity contribution is 5.83. The van der Waals surface area contributed by atoms with Gasteiger partial charge in [0.25, 0.3) is 0 Å². The molecule has 2 aromatic rings. The molecule has 0 unspecified atom stereocenters. The maximum absolute atomic E-state index is 12.5. The lowest BCUT2D eigenvalue weighted by Gasteiger charge is -2.32. The number of hydrogen-bond acceptors (Lipinski definition) is 4. The van der Waals surface area contributed by atoms with E-state index in [-0.39, 0.29) is 17.9 Å². The quantitative estimate of drug-likeness (QED) is 0.867. The summed E-state index contributed by atoms with van der Waals surface area (Å²) in [5.41, 5.74) is 2.06. The second-order valence-electron chi connectivity index (χ2n) is 6.74. The van der Waals surface area contributed by atoms with Crippen LogP contribution in [-0.4, -0.2) is 36.7 Å². The molecule has 1 aromatic heterocycles. The van der Waals surface area contributed by atoms with E-state index in [0.29, 0.717) is 6.54 Å². The number of pyridine rings is 1. The van der Waals surface area contributed by atoms with Crippen molar-refractivity contribution in [2.75, 3.05) is 24.6 Å². The number of benzene rings is 1. The maximum atomic E-state index is 12.5. The van der Waals surface area contributed by atoms with Crippen molar-refractivity contribution < 1.29 is 9.53 Å². The Bertz CT molecular complexity index is 703. The first-order chi connectivity index (χ1) is 12.7. The van der Waals surface area contributed by atoms with E-state index >= 15 is 0 Å². The molecule has 138 valence electrons. The van der Waals surface area contributed by atoms with Crippen LogP contribution >= 0.6 is 0 Å². The second-order valence-corrected chi connectivity index (χ2v) is 6.74. The topological polar surface area (TPSA) is 54.5 Å². The minimum atomic E-state index is -0.113. The second kappa shape index (κ2) is 8.81. The summed E-state index contributed by atoms with van der Waals surface area (Å²) in [5, 5.41) is 3.04. The Morgan fingerprint density at radius 1 is 1.31 bits per heavy atom. The zero-order valence-corrected chi connectivity index (χ0v) is 15.5. The number of hydrogen-bond donors (Lipinski definition) is 1. The number of anilines is 1. The normalized spacial score (nSPS) is 18.4. The van der Waals surface area contributed by atoms with Crippen LogP contribution in [0.2, 0.25) is 0 Å². The zero-order valence-electron chi connectivity index (χ0n) is 15.5. The fourth-order valence-electron chi connectivity index (χ4n) is 3.31. The number of amides is 1. The lowest BCUT2D eigenvalue weighted by Crippen LogP contribution is -2.41. The van der Waals surface area contributed by atoms with Gasteiger partial charge >= 0.3 is 0 Å². The van der Waals surface area contributed by atoms with Gasteiger partial charge in [-0.25, -0.2) is 4.98 Å². The number of carbonyl (C=O) groups excluding carboxylic acids is 1. The van der Waals surface area contributed by atoms with Gasteiger partial charge in [-0.15, -0.1) is 0 Å². The summed E-state index contributed by atoms with van der Waals surface area (Å²) in [6.45, 7) is 7.07. The summed E-state index contributed by atoms with van der Waals surface area (Å²) < 4.78 is 5.57. The summed E-state index contributed by atoms with van der Waals surface area (Å²) in [4.78, 5) is 19.3. The molecule has 1 N–H and O–H groups in total. The molecule has 3 rings (SSSR count). The molecule has 1 saturated heterocycles. The van der Waals surface area contributed by atoms with E-state index in [4.69, 9.17) is 4.74 Å². The highest BCUT2D eigenvalue weighted by Crippen LogP contribution is 2.20. The van der Waals surface area contributed by atoms with Crippen molar-refractivity contribution in [3.8, 4) is 0 Å². The summed E-state index contributed by atoms with van der Waals surface area (Å²) in [6, 6.07) is 14.0. The van der Waals surface area contributed by atoms with Gasteiger partial charge in [0.2, 0.25) is 5.91 Å². The number of morpholine rings is 1. The Morgan fingerprint density at radius 3 is 2.77 bits per heavy atom. The molecule has 0 saturated carbocycles. The van der Waals surface area contributed by atoms with E-state index in [1.54, 1.807) is 0 Å². The first-order valence-corrected chi connectivity index (χ1v) is 9.31. The van der Waals surface area contributed by atoms with Crippen LogP contribution in [0.5, 0.6) is 0 Å². The fraction of sp³-hybridized carbons (Fsp3) is 0.429. The van der Waals surface area contributed by atoms with E-state index < -0.39 is 0 Å². The Morgan fingerprint density at radius 2 is 2.12 bits per heavy atom. The standard InChI is InChI=1S/C21H27N3O2/c1-3-19(18-7-5-4-6-8-18)21(25)23-14-17-9-10-20(22-13-17)24-11-12-26-16(2)15-24/h4-10,13,16,19H,3,11-12,14-15H2,1-2H3,(H,23,25)/t16-,19-/m0/s1. The van der Waals surface area contributed by atoms with Gasteiger partial charge in [-0.2, -0.15) is 0 Å². The molecule has 1 amide bonds. The van der Waals surface area contributed by atoms with Gasteiger partial charge in [0.1, 0.15) is 5.82 Å². The van der Waals surface area contributed by atoms with Gasteiger partial charge in [-0.05, 0) is 30.5 Å². The average molecular weight is 353 g/mol. The third-order valence-electron chi connectivity index (χ3n) is 4.77. The highest BCUT2D eigenvalue weighted by atomic mass is 16.5. The number of nitrogens with one attached hydrogen (secondary N) is 1. The van der Waals surface area contributed by atoms with Crippen LogP contribution in [0.3, 0.4) is 0 Å². The van der Waals surface area contributed by atoms with E-state index in [1.165, 1.54) is 0 Å². The molecule has 0 aliphatic carbocycles. The summed E-state index contributed by atoms with van der Waals surface area (Å²) in [6.07, 6.45) is 2.86. The van der Waals surface area contributed by atoms with Crippen molar-refractivity contribution in [3.05, 3.63) is 59.8 Å². The van der Waals surface area contributed by atoms with E-state index in [2.05, 4.69) is 22.1 Å². The Labute approximate surface area is 155 Å². The Balaban J connectivity index is 1.56. The fourth-order valence-corrected chi connectivity index (χ4v) is 3.31. The monoisotopic (exact) mass is 353 g/mol. The van der Waals surface area contributed by atoms with Gasteiger partial charge in [-0.3, -0.25) is 4.79 Å². The molecule has 0 radical (unpaired) electrons. The van der Waals surface area contributed by atoms with Crippen molar-refractivity contribution >= 4 is 11.7 Å². The summed E-state index contributed by atoms with van der Waals surface area (Å²) in [5.74, 6) is 0.911. The van der Waals surface area contributed by atoms with E-state index in [1.807, 2.05) is 55.6 Å². The molecule has 0 bridgehead atoms. The van der Waals surface area contributed by atoms with Gasteiger partial charge < -0.3 is 15.0 Å². The lowest BCUT2D eigenvalue weighted by molar-refractivity contribution is -0.122. The molecule has 5 heteroatoms. The molecule has 26 heavy (non-hydrogen) atoms. The van der Waals surface area contributed by atoms with E-state index in [9.17, 15) is 4.79 Å². The number of aromatic nitrogens is 1. The highest BCUT2D eigenvalue weighted by Gasteiger charge is 2.19. The molecule has 1 aromatic carbocycles. The average Bonchev–Trinajstić information content (AvgIpc) is 2.68. The van der Waals surface area contributed by atoms with Crippen molar-refractivity contribution in [2.45, 2.75) is 38.8 Å². The summed E-state index contributed by atoms with van der Waals surface area (Å²) in [7, 11) is 0. The molecule has 2 atom stereocenters. The third-order valence-corrected chi connectivity index (χ3v) is 4.77. The maximum Gasteiger partial charge on any atom is 0.227 e. The largest absolute Gasteiger partial charge is 0.375 e. The van der Waals surface area contributed by atoms with Crippen molar-refractivity contribution in [3.63, 3.8) is 0 Å². The SMILES string of the molecule is CC[C@H](C(=O)NCc1ccc(N2CCO[C@@H](C)C2)nc1)c1ccccc1. The van der Waals surface area contributed by atoms with Crippen LogP contribution in [0.4, 0.5) is 5.82 Å². The Kier molecular flexibility index (Phi) is 6.23. The van der Waals surface area contributed by atoms with Gasteiger partial charge in [0.05, 0.1) is 18.6 Å². The Hall–Kier alpha value is -2.40. The van der Waals surface area contributed by atoms with Crippen molar-refractivity contribution in [1.29, 1.82) is 0 Å². The molecule has 0 spiro atoms.